The molecule has 1 aromatic carbocycles. The molecule has 0 aliphatic heterocycles. The van der Waals surface area contributed by atoms with Gasteiger partial charge in [-0.1, -0.05) is 39.3 Å². The highest BCUT2D eigenvalue weighted by Gasteiger charge is 2.16. The zero-order valence-electron chi connectivity index (χ0n) is 9.77. The molecule has 0 amide bonds. The molecule has 1 aromatic rings. The van der Waals surface area contributed by atoms with Crippen molar-refractivity contribution in [2.75, 3.05) is 0 Å². The number of halogens is 2. The maximum absolute atomic E-state index is 14.1. The lowest BCUT2D eigenvalue weighted by Crippen LogP contribution is -2.02. The molecule has 1 atom stereocenters. The zero-order chi connectivity index (χ0) is 11.6. The van der Waals surface area contributed by atoms with Crippen LogP contribution in [0, 0.1) is 5.82 Å². The topological polar surface area (TPSA) is 0 Å². The Morgan fingerprint density at radius 3 is 2.20 bits per heavy atom. The first-order valence-electron chi connectivity index (χ1n) is 5.46. The average molecular weight is 229 g/mol. The molecule has 0 bridgehead atoms. The molecule has 1 unspecified atom stereocenters. The summed E-state index contributed by atoms with van der Waals surface area (Å²) in [7, 11) is 0. The van der Waals surface area contributed by atoms with E-state index in [1.807, 2.05) is 20.8 Å². The fraction of sp³-hybridized carbons (Fsp3) is 0.538. The van der Waals surface area contributed by atoms with Gasteiger partial charge in [-0.15, -0.1) is 0 Å². The van der Waals surface area contributed by atoms with Crippen molar-refractivity contribution in [2.45, 2.75) is 46.0 Å². The Labute approximate surface area is 96.5 Å². The average Bonchev–Trinajstić information content (AvgIpc) is 2.19. The van der Waals surface area contributed by atoms with Gasteiger partial charge in [-0.3, -0.25) is 0 Å². The van der Waals surface area contributed by atoms with Crippen LogP contribution in [0.1, 0.15) is 57.1 Å². The van der Waals surface area contributed by atoms with Crippen LogP contribution in [0.15, 0.2) is 12.1 Å². The first kappa shape index (κ1) is 12.5. The lowest BCUT2D eigenvalue weighted by atomic mass is 9.92. The van der Waals surface area contributed by atoms with Crippen molar-refractivity contribution in [1.82, 2.24) is 0 Å². The highest BCUT2D eigenvalue weighted by Crippen LogP contribution is 2.31. The van der Waals surface area contributed by atoms with E-state index in [0.29, 0.717) is 5.02 Å². The second-order valence-electron chi connectivity index (χ2n) is 4.36. The Morgan fingerprint density at radius 2 is 1.73 bits per heavy atom. The Bertz CT molecular complexity index is 345. The number of benzene rings is 1. The van der Waals surface area contributed by atoms with Gasteiger partial charge in [0.25, 0.3) is 0 Å². The molecule has 15 heavy (non-hydrogen) atoms. The molecular weight excluding hydrogens is 211 g/mol. The highest BCUT2D eigenvalue weighted by atomic mass is 35.5. The molecular formula is C13H18ClF. The summed E-state index contributed by atoms with van der Waals surface area (Å²) in [5.74, 6) is 0.316. The number of hydrogen-bond donors (Lipinski definition) is 0. The van der Waals surface area contributed by atoms with Crippen molar-refractivity contribution >= 4 is 11.6 Å². The smallest absolute Gasteiger partial charge is 0.130 e. The highest BCUT2D eigenvalue weighted by molar-refractivity contribution is 6.30. The van der Waals surface area contributed by atoms with Gasteiger partial charge in [0.15, 0.2) is 0 Å². The van der Waals surface area contributed by atoms with Crippen LogP contribution in [0.25, 0.3) is 0 Å². The molecule has 84 valence electrons. The Kier molecular flexibility index (Phi) is 4.15. The van der Waals surface area contributed by atoms with Crippen LogP contribution in [-0.4, -0.2) is 0 Å². The van der Waals surface area contributed by atoms with E-state index >= 15 is 0 Å². The van der Waals surface area contributed by atoms with E-state index in [9.17, 15) is 4.39 Å². The van der Waals surface area contributed by atoms with Crippen molar-refractivity contribution in [3.8, 4) is 0 Å². The normalized spacial score (nSPS) is 13.3. The van der Waals surface area contributed by atoms with Crippen LogP contribution in [0.3, 0.4) is 0 Å². The maximum atomic E-state index is 14.1. The van der Waals surface area contributed by atoms with Gasteiger partial charge in [0.1, 0.15) is 5.82 Å². The predicted octanol–water partition coefficient (Wildman–Crippen LogP) is 5.12. The molecule has 2 heteroatoms. The molecule has 0 saturated heterocycles. The Balaban J connectivity index is 3.28. The molecule has 0 nitrogen and oxygen atoms in total. The van der Waals surface area contributed by atoms with Crippen molar-refractivity contribution in [3.63, 3.8) is 0 Å². The van der Waals surface area contributed by atoms with E-state index in [0.717, 1.165) is 17.5 Å². The van der Waals surface area contributed by atoms with E-state index < -0.39 is 0 Å². The van der Waals surface area contributed by atoms with Crippen LogP contribution in [0.4, 0.5) is 4.39 Å². The molecule has 0 aliphatic carbocycles. The fourth-order valence-corrected chi connectivity index (χ4v) is 1.87. The molecule has 0 saturated carbocycles. The van der Waals surface area contributed by atoms with E-state index in [1.54, 1.807) is 12.1 Å². The van der Waals surface area contributed by atoms with Gasteiger partial charge in [0, 0.05) is 5.02 Å². The zero-order valence-corrected chi connectivity index (χ0v) is 10.5. The van der Waals surface area contributed by atoms with Crippen LogP contribution >= 0.6 is 11.6 Å². The summed E-state index contributed by atoms with van der Waals surface area (Å²) in [4.78, 5) is 0. The van der Waals surface area contributed by atoms with Crippen LogP contribution in [0.2, 0.25) is 5.02 Å². The summed E-state index contributed by atoms with van der Waals surface area (Å²) in [5, 5.41) is 0.635. The summed E-state index contributed by atoms with van der Waals surface area (Å²) in [5.41, 5.74) is 1.46. The van der Waals surface area contributed by atoms with E-state index in [2.05, 4.69) is 6.92 Å². The van der Waals surface area contributed by atoms with Gasteiger partial charge in [0.2, 0.25) is 0 Å². The quantitative estimate of drug-likeness (QED) is 0.674. The summed E-state index contributed by atoms with van der Waals surface area (Å²) >= 11 is 6.00. The summed E-state index contributed by atoms with van der Waals surface area (Å²) in [6, 6.07) is 3.48. The van der Waals surface area contributed by atoms with Crippen molar-refractivity contribution in [1.29, 1.82) is 0 Å². The minimum atomic E-state index is -0.0799. The Morgan fingerprint density at radius 1 is 1.20 bits per heavy atom. The molecule has 0 N–H and O–H groups in total. The molecule has 0 aliphatic rings. The largest absolute Gasteiger partial charge is 0.206 e. The van der Waals surface area contributed by atoms with Gasteiger partial charge in [-0.05, 0) is 41.5 Å². The lowest BCUT2D eigenvalue weighted by Gasteiger charge is -2.16. The van der Waals surface area contributed by atoms with Crippen molar-refractivity contribution in [2.24, 2.45) is 0 Å². The SMILES string of the molecule is CCC(C)c1cc(Cl)cc(C(C)C)c1F. The van der Waals surface area contributed by atoms with Gasteiger partial charge >= 0.3 is 0 Å². The minimum absolute atomic E-state index is 0.0799. The first-order chi connectivity index (χ1) is 6.97. The summed E-state index contributed by atoms with van der Waals surface area (Å²) in [6.45, 7) is 8.04. The molecule has 0 fully saturated rings. The molecule has 0 radical (unpaired) electrons. The van der Waals surface area contributed by atoms with Gasteiger partial charge in [-0.2, -0.15) is 0 Å². The van der Waals surface area contributed by atoms with Crippen molar-refractivity contribution in [3.05, 3.63) is 34.1 Å². The number of hydrogen-bond acceptors (Lipinski definition) is 0. The number of rotatable bonds is 3. The second-order valence-corrected chi connectivity index (χ2v) is 4.80. The monoisotopic (exact) mass is 228 g/mol. The first-order valence-corrected chi connectivity index (χ1v) is 5.84. The standard InChI is InChI=1S/C13H18ClF/c1-5-9(4)12-7-10(14)6-11(8(2)3)13(12)15/h6-9H,5H2,1-4H3. The third-order valence-corrected chi connectivity index (χ3v) is 3.08. The van der Waals surface area contributed by atoms with E-state index in [-0.39, 0.29) is 17.7 Å². The van der Waals surface area contributed by atoms with E-state index in [1.165, 1.54) is 0 Å². The molecule has 0 spiro atoms. The van der Waals surface area contributed by atoms with E-state index in [4.69, 9.17) is 11.6 Å². The third-order valence-electron chi connectivity index (χ3n) is 2.86. The van der Waals surface area contributed by atoms with Gasteiger partial charge in [-0.25, -0.2) is 4.39 Å². The van der Waals surface area contributed by atoms with Gasteiger partial charge in [0.05, 0.1) is 0 Å². The van der Waals surface area contributed by atoms with Gasteiger partial charge < -0.3 is 0 Å². The molecule has 0 aromatic heterocycles. The summed E-state index contributed by atoms with van der Waals surface area (Å²) < 4.78 is 14.1. The Hall–Kier alpha value is -0.560. The lowest BCUT2D eigenvalue weighted by molar-refractivity contribution is 0.561. The third kappa shape index (κ3) is 2.72. The molecule has 1 rings (SSSR count). The van der Waals surface area contributed by atoms with Crippen LogP contribution in [0.5, 0.6) is 0 Å². The summed E-state index contributed by atoms with van der Waals surface area (Å²) in [6.07, 6.45) is 0.925. The predicted molar refractivity (Wildman–Crippen MR) is 64.2 cm³/mol. The fourth-order valence-electron chi connectivity index (χ4n) is 1.63. The minimum Gasteiger partial charge on any atom is -0.206 e. The second kappa shape index (κ2) is 4.98. The van der Waals surface area contributed by atoms with Crippen LogP contribution in [-0.2, 0) is 0 Å². The van der Waals surface area contributed by atoms with Crippen molar-refractivity contribution < 1.29 is 4.39 Å². The van der Waals surface area contributed by atoms with Crippen LogP contribution < -0.4 is 0 Å². The maximum Gasteiger partial charge on any atom is 0.130 e. The molecule has 0 heterocycles.